The van der Waals surface area contributed by atoms with Crippen LogP contribution in [-0.4, -0.2) is 29.4 Å². The minimum absolute atomic E-state index is 0.179. The number of hydrogen-bond acceptors (Lipinski definition) is 2. The van der Waals surface area contributed by atoms with Gasteiger partial charge >= 0.3 is 139 Å². The molecule has 2 aromatic rings. The van der Waals surface area contributed by atoms with E-state index in [2.05, 4.69) is 6.07 Å². The van der Waals surface area contributed by atoms with Crippen molar-refractivity contribution in [3.05, 3.63) is 34.6 Å². The molecule has 1 aromatic heterocycles. The normalized spacial score (nSPS) is 11.2. The number of carbonyl (C=O) groups is 1. The fourth-order valence-corrected chi connectivity index (χ4v) is 5.45. The number of aromatic nitrogens is 1. The molecule has 26 heavy (non-hydrogen) atoms. The standard InChI is InChI=1S/C21H31NO3Se/c23-20(24)16-10-8-6-4-2-1-3-5-7-9-13-17-22-21(25)18-14-11-12-15-19(18)26-22/h11-12,14-15H,1-10,13,16-17H2,(H,23,24). The summed E-state index contributed by atoms with van der Waals surface area (Å²) in [5, 5.41) is 9.48. The number of carboxylic acids is 1. The van der Waals surface area contributed by atoms with Gasteiger partial charge in [0.1, 0.15) is 0 Å². The Balaban J connectivity index is 1.44. The zero-order valence-electron chi connectivity index (χ0n) is 15.6. The van der Waals surface area contributed by atoms with Crippen LogP contribution in [0.1, 0.15) is 77.0 Å². The van der Waals surface area contributed by atoms with Gasteiger partial charge in [-0.05, 0) is 6.42 Å². The number of carboxylic acid groups (broad SMARTS) is 1. The molecule has 0 bridgehead atoms. The molecule has 0 saturated heterocycles. The molecular formula is C21H31NO3Se. The van der Waals surface area contributed by atoms with Crippen molar-refractivity contribution in [1.82, 2.24) is 3.56 Å². The third kappa shape index (κ3) is 7.51. The molecule has 0 fully saturated rings. The van der Waals surface area contributed by atoms with Crippen LogP contribution in [0, 0.1) is 0 Å². The summed E-state index contributed by atoms with van der Waals surface area (Å²) in [7, 11) is 0. The first kappa shape index (κ1) is 21.0. The van der Waals surface area contributed by atoms with Gasteiger partial charge in [0.2, 0.25) is 0 Å². The zero-order chi connectivity index (χ0) is 18.6. The van der Waals surface area contributed by atoms with Crippen molar-refractivity contribution in [1.29, 1.82) is 0 Å². The summed E-state index contributed by atoms with van der Waals surface area (Å²) in [6.07, 6.45) is 13.3. The third-order valence-corrected chi connectivity index (χ3v) is 7.16. The van der Waals surface area contributed by atoms with Crippen LogP contribution in [0.2, 0.25) is 0 Å². The van der Waals surface area contributed by atoms with E-state index in [1.54, 1.807) is 0 Å². The fraction of sp³-hybridized carbons (Fsp3) is 0.619. The van der Waals surface area contributed by atoms with E-state index < -0.39 is 5.97 Å². The predicted molar refractivity (Wildman–Crippen MR) is 108 cm³/mol. The van der Waals surface area contributed by atoms with Gasteiger partial charge in [0.05, 0.1) is 0 Å². The van der Waals surface area contributed by atoms with Gasteiger partial charge in [0, 0.05) is 6.42 Å². The van der Waals surface area contributed by atoms with Crippen molar-refractivity contribution >= 4 is 30.3 Å². The van der Waals surface area contributed by atoms with Crippen LogP contribution in [0.5, 0.6) is 0 Å². The van der Waals surface area contributed by atoms with Gasteiger partial charge in [0.25, 0.3) is 0 Å². The molecule has 5 heteroatoms. The summed E-state index contributed by atoms with van der Waals surface area (Å²) in [6, 6.07) is 8.00. The van der Waals surface area contributed by atoms with Gasteiger partial charge in [-0.2, -0.15) is 0 Å². The van der Waals surface area contributed by atoms with E-state index >= 15 is 0 Å². The van der Waals surface area contributed by atoms with Crippen LogP contribution in [-0.2, 0) is 11.3 Å². The van der Waals surface area contributed by atoms with E-state index in [0.29, 0.717) is 6.42 Å². The van der Waals surface area contributed by atoms with E-state index in [1.807, 2.05) is 21.8 Å². The van der Waals surface area contributed by atoms with Crippen LogP contribution < -0.4 is 5.56 Å². The summed E-state index contributed by atoms with van der Waals surface area (Å²) in [6.45, 7) is 0.907. The molecule has 0 aliphatic carbocycles. The maximum atomic E-state index is 12.3. The Morgan fingerprint density at radius 2 is 1.38 bits per heavy atom. The van der Waals surface area contributed by atoms with Gasteiger partial charge < -0.3 is 5.11 Å². The molecule has 0 atom stereocenters. The number of rotatable bonds is 14. The Hall–Kier alpha value is -1.32. The fourth-order valence-electron chi connectivity index (χ4n) is 3.29. The molecule has 1 N–H and O–H groups in total. The average molecular weight is 424 g/mol. The molecule has 0 radical (unpaired) electrons. The van der Waals surface area contributed by atoms with Gasteiger partial charge in [-0.1, -0.05) is 0 Å². The molecule has 4 nitrogen and oxygen atoms in total. The Labute approximate surface area is 162 Å². The number of aryl methyl sites for hydroxylation is 1. The van der Waals surface area contributed by atoms with Gasteiger partial charge in [-0.25, -0.2) is 0 Å². The van der Waals surface area contributed by atoms with E-state index in [0.717, 1.165) is 31.2 Å². The molecule has 1 aromatic carbocycles. The molecule has 1 heterocycles. The van der Waals surface area contributed by atoms with Crippen molar-refractivity contribution in [2.24, 2.45) is 0 Å². The number of hydrogen-bond donors (Lipinski definition) is 1. The van der Waals surface area contributed by atoms with Crippen LogP contribution in [0.25, 0.3) is 9.65 Å². The quantitative estimate of drug-likeness (QED) is 0.349. The molecule has 0 aliphatic heterocycles. The Morgan fingerprint density at radius 3 is 1.96 bits per heavy atom. The SMILES string of the molecule is O=C(O)CCCCCCCCCCCCCn1[se]c2ccccc2c1=O. The third-order valence-electron chi connectivity index (χ3n) is 4.80. The van der Waals surface area contributed by atoms with E-state index in [-0.39, 0.29) is 20.3 Å². The number of benzene rings is 1. The average Bonchev–Trinajstić information content (AvgIpc) is 2.95. The molecule has 144 valence electrons. The molecular weight excluding hydrogens is 393 g/mol. The number of fused-ring (bicyclic) bond motifs is 1. The van der Waals surface area contributed by atoms with Gasteiger partial charge in [-0.15, -0.1) is 0 Å². The van der Waals surface area contributed by atoms with Crippen LogP contribution in [0.3, 0.4) is 0 Å². The van der Waals surface area contributed by atoms with Crippen LogP contribution >= 0.6 is 0 Å². The molecule has 0 unspecified atom stereocenters. The second kappa shape index (κ2) is 12.1. The summed E-state index contributed by atoms with van der Waals surface area (Å²) < 4.78 is 3.27. The number of unbranched alkanes of at least 4 members (excludes halogenated alkanes) is 10. The molecule has 0 saturated carbocycles. The Kier molecular flexibility index (Phi) is 9.80. The first-order chi connectivity index (χ1) is 12.7. The van der Waals surface area contributed by atoms with Crippen molar-refractivity contribution in [3.8, 4) is 0 Å². The number of aliphatic carboxylic acids is 1. The molecule has 0 aliphatic rings. The number of nitrogens with zero attached hydrogens (tertiary/aromatic N) is 1. The topological polar surface area (TPSA) is 59.3 Å². The Morgan fingerprint density at radius 1 is 0.846 bits per heavy atom. The molecule has 2 rings (SSSR count). The first-order valence-electron chi connectivity index (χ1n) is 9.99. The summed E-state index contributed by atoms with van der Waals surface area (Å²) >= 11 is 0.179. The molecule has 0 spiro atoms. The Bertz CT molecular complexity index is 719. The summed E-state index contributed by atoms with van der Waals surface area (Å²) in [5.74, 6) is -0.676. The van der Waals surface area contributed by atoms with Crippen molar-refractivity contribution < 1.29 is 9.90 Å². The van der Waals surface area contributed by atoms with Crippen molar-refractivity contribution in [2.45, 2.75) is 83.6 Å². The maximum absolute atomic E-state index is 12.3. The van der Waals surface area contributed by atoms with E-state index in [9.17, 15) is 9.59 Å². The predicted octanol–water partition coefficient (Wildman–Crippen LogP) is 4.82. The van der Waals surface area contributed by atoms with E-state index in [1.165, 1.54) is 55.6 Å². The summed E-state index contributed by atoms with van der Waals surface area (Å²) in [5.41, 5.74) is 0.226. The monoisotopic (exact) mass is 425 g/mol. The summed E-state index contributed by atoms with van der Waals surface area (Å²) in [4.78, 5) is 22.7. The van der Waals surface area contributed by atoms with Gasteiger partial charge in [-0.3, -0.25) is 4.79 Å². The zero-order valence-corrected chi connectivity index (χ0v) is 17.3. The van der Waals surface area contributed by atoms with Crippen LogP contribution in [0.4, 0.5) is 0 Å². The van der Waals surface area contributed by atoms with E-state index in [4.69, 9.17) is 5.11 Å². The van der Waals surface area contributed by atoms with Gasteiger partial charge in [0.15, 0.2) is 0 Å². The van der Waals surface area contributed by atoms with Crippen molar-refractivity contribution in [2.75, 3.05) is 0 Å². The molecule has 0 amide bonds. The van der Waals surface area contributed by atoms with Crippen molar-refractivity contribution in [3.63, 3.8) is 0 Å². The van der Waals surface area contributed by atoms with Crippen LogP contribution in [0.15, 0.2) is 29.1 Å². The second-order valence-electron chi connectivity index (χ2n) is 7.03. The minimum atomic E-state index is -0.676. The first-order valence-corrected chi connectivity index (χ1v) is 11.6. The second-order valence-corrected chi connectivity index (χ2v) is 9.26.